The highest BCUT2D eigenvalue weighted by Gasteiger charge is 2.23. The minimum atomic E-state index is -0.815. The molecular weight excluding hydrogens is 333 g/mol. The fourth-order valence-corrected chi connectivity index (χ4v) is 3.15. The summed E-state index contributed by atoms with van der Waals surface area (Å²) in [6.07, 6.45) is 3.33. The third-order valence-corrected chi connectivity index (χ3v) is 4.49. The van der Waals surface area contributed by atoms with Crippen LogP contribution in [0.4, 0.5) is 4.39 Å². The van der Waals surface area contributed by atoms with Gasteiger partial charge in [-0.05, 0) is 49.1 Å². The van der Waals surface area contributed by atoms with E-state index in [1.54, 1.807) is 6.20 Å². The summed E-state index contributed by atoms with van der Waals surface area (Å²) in [5.74, 6) is -0.145. The number of hydrogen-bond acceptors (Lipinski definition) is 3. The van der Waals surface area contributed by atoms with E-state index in [0.29, 0.717) is 19.5 Å². The topological polar surface area (TPSA) is 65.4 Å². The Kier molecular flexibility index (Phi) is 5.64. The first-order valence-electron chi connectivity index (χ1n) is 8.69. The second-order valence-corrected chi connectivity index (χ2v) is 6.62. The minimum Gasteiger partial charge on any atom is -0.291 e. The van der Waals surface area contributed by atoms with Crippen LogP contribution in [0, 0.1) is 19.9 Å². The molecule has 1 aliphatic heterocycles. The van der Waals surface area contributed by atoms with Gasteiger partial charge >= 0.3 is 12.7 Å². The predicted octanol–water partition coefficient (Wildman–Crippen LogP) is 2.49. The molecule has 0 aliphatic carbocycles. The molecule has 0 radical (unpaired) electrons. The molecule has 0 saturated carbocycles. The third-order valence-electron chi connectivity index (χ3n) is 4.49. The van der Waals surface area contributed by atoms with Crippen molar-refractivity contribution in [2.24, 2.45) is 0 Å². The van der Waals surface area contributed by atoms with Crippen molar-refractivity contribution < 1.29 is 9.18 Å². The highest BCUT2D eigenvalue weighted by molar-refractivity contribution is 5.78. The van der Waals surface area contributed by atoms with Crippen LogP contribution in [0.15, 0.2) is 24.5 Å². The number of likely N-dealkylation sites (tertiary alicyclic amines) is 1. The molecule has 0 spiro atoms. The molecule has 7 heteroatoms. The van der Waals surface area contributed by atoms with E-state index in [0.717, 1.165) is 27.8 Å². The Labute approximate surface area is 152 Å². The lowest BCUT2D eigenvalue weighted by Gasteiger charge is -2.11. The first-order valence-corrected chi connectivity index (χ1v) is 8.69. The quantitative estimate of drug-likeness (QED) is 0.885. The van der Waals surface area contributed by atoms with Gasteiger partial charge in [0.25, 0.3) is 0 Å². The molecule has 136 valence electrons. The van der Waals surface area contributed by atoms with Crippen LogP contribution in [-0.4, -0.2) is 53.5 Å². The van der Waals surface area contributed by atoms with Crippen molar-refractivity contribution in [3.8, 4) is 17.2 Å². The van der Waals surface area contributed by atoms with Crippen LogP contribution < -0.4 is 5.32 Å². The van der Waals surface area contributed by atoms with Crippen molar-refractivity contribution in [2.45, 2.75) is 26.4 Å². The Morgan fingerprint density at radius 2 is 2.19 bits per heavy atom. The highest BCUT2D eigenvalue weighted by Crippen LogP contribution is 2.24. The molecule has 1 saturated heterocycles. The van der Waals surface area contributed by atoms with Gasteiger partial charge in [-0.3, -0.25) is 20.1 Å². The largest absolute Gasteiger partial charge is 0.339 e. The van der Waals surface area contributed by atoms with Crippen LogP contribution in [0.25, 0.3) is 16.0 Å². The number of amides is 1. The zero-order valence-electron chi connectivity index (χ0n) is 15.1. The third kappa shape index (κ3) is 4.46. The average Bonchev–Trinajstić information content (AvgIpc) is 3.25. The Hall–Kier alpha value is -2.72. The Morgan fingerprint density at radius 1 is 1.42 bits per heavy atom. The molecule has 1 aromatic carbocycles. The number of aromatic nitrogens is 2. The van der Waals surface area contributed by atoms with Crippen LogP contribution in [-0.2, 0) is 4.79 Å². The smallest absolute Gasteiger partial charge is 0.291 e. The minimum absolute atomic E-state index is 0.145. The maximum atomic E-state index is 13.1. The van der Waals surface area contributed by atoms with Gasteiger partial charge < -0.3 is 0 Å². The van der Waals surface area contributed by atoms with Gasteiger partial charge in [-0.25, -0.2) is 4.39 Å². The number of hydrogen-bond donors (Lipinski definition) is 2. The fourth-order valence-electron chi connectivity index (χ4n) is 3.15. The number of carbonyl (C=O) groups is 1. The first kappa shape index (κ1) is 18.1. The van der Waals surface area contributed by atoms with Gasteiger partial charge in [0.05, 0.1) is 12.7 Å². The molecule has 2 aromatic rings. The molecule has 1 fully saturated rings. The average molecular weight is 356 g/mol. The molecule has 2 N–H and O–H groups in total. The second kappa shape index (κ2) is 8.11. The normalized spacial score (nSPS) is 17.0. The summed E-state index contributed by atoms with van der Waals surface area (Å²) in [5.41, 5.74) is 5.16. The van der Waals surface area contributed by atoms with Crippen molar-refractivity contribution in [1.82, 2.24) is 20.4 Å². The van der Waals surface area contributed by atoms with Gasteiger partial charge in [-0.2, -0.15) is 5.10 Å². The van der Waals surface area contributed by atoms with Crippen LogP contribution in [0.5, 0.6) is 0 Å². The summed E-state index contributed by atoms with van der Waals surface area (Å²) in [6.45, 7) is 5.36. The zero-order chi connectivity index (χ0) is 18.5. The summed E-state index contributed by atoms with van der Waals surface area (Å²) in [7, 11) is 0. The monoisotopic (exact) mass is 356 g/mol. The standard InChI is InChI=1S/C19H22FN5O/c1-13-5-15(16-7-23-24-8-16)6-14(2)18(13)9-21-12-22-19(26)11-25-4-3-17(20)10-25/h5-8,17H,3-4,10-12H2,1-2H3,(H,22,26)/p+1/t17-/m1/s1. The lowest BCUT2D eigenvalue weighted by atomic mass is 9.98. The molecule has 2 heterocycles. The number of rotatable bonds is 4. The molecule has 1 atom stereocenters. The molecule has 3 rings (SSSR count). The van der Waals surface area contributed by atoms with Crippen LogP contribution >= 0.6 is 0 Å². The number of halogens is 1. The first-order chi connectivity index (χ1) is 12.5. The van der Waals surface area contributed by atoms with Crippen LogP contribution in [0.3, 0.4) is 0 Å². The molecule has 1 amide bonds. The van der Waals surface area contributed by atoms with E-state index in [2.05, 4.69) is 38.6 Å². The van der Waals surface area contributed by atoms with E-state index in [1.807, 2.05) is 24.9 Å². The van der Waals surface area contributed by atoms with E-state index in [4.69, 9.17) is 0 Å². The number of aryl methyl sites for hydroxylation is 2. The lowest BCUT2D eigenvalue weighted by Crippen LogP contribution is -2.36. The summed E-state index contributed by atoms with van der Waals surface area (Å²) in [4.78, 5) is 17.9. The van der Waals surface area contributed by atoms with E-state index >= 15 is 0 Å². The molecule has 1 aliphatic rings. The van der Waals surface area contributed by atoms with Gasteiger partial charge in [-0.1, -0.05) is 4.85 Å². The number of carbonyl (C=O) groups excluding carboxylic acids is 1. The summed E-state index contributed by atoms with van der Waals surface area (Å²) < 4.78 is 13.1. The van der Waals surface area contributed by atoms with Crippen molar-refractivity contribution in [1.29, 1.82) is 0 Å². The van der Waals surface area contributed by atoms with E-state index in [1.165, 1.54) is 0 Å². The molecule has 0 bridgehead atoms. The summed E-state index contributed by atoms with van der Waals surface area (Å²) >= 11 is 0. The Balaban J connectivity index is 1.57. The second-order valence-electron chi connectivity index (χ2n) is 6.62. The maximum absolute atomic E-state index is 13.1. The number of H-pyrrole nitrogens is 1. The zero-order valence-corrected chi connectivity index (χ0v) is 15.1. The SMILES string of the molecule is Cc1cc(-c2cn[nH]c2)cc(C)c1C#[N+]CNC(=O)CN1CC[C@@H](F)C1. The number of nitrogens with one attached hydrogen (secondary N) is 2. The van der Waals surface area contributed by atoms with Gasteiger partial charge in [0.15, 0.2) is 0 Å². The fraction of sp³-hybridized carbons (Fsp3) is 0.421. The number of nitrogens with zero attached hydrogens (tertiary/aromatic N) is 3. The van der Waals surface area contributed by atoms with Crippen LogP contribution in [0.2, 0.25) is 0 Å². The summed E-state index contributed by atoms with van der Waals surface area (Å²) in [5, 5.41) is 9.51. The van der Waals surface area contributed by atoms with Crippen LogP contribution in [0.1, 0.15) is 23.1 Å². The van der Waals surface area contributed by atoms with E-state index in [9.17, 15) is 9.18 Å². The summed E-state index contributed by atoms with van der Waals surface area (Å²) in [6, 6.07) is 7.15. The van der Waals surface area contributed by atoms with Gasteiger partial charge in [-0.15, -0.1) is 0 Å². The van der Waals surface area contributed by atoms with Crippen molar-refractivity contribution >= 4 is 5.91 Å². The molecule has 0 unspecified atom stereocenters. The number of aromatic amines is 1. The Bertz CT molecular complexity index is 814. The Morgan fingerprint density at radius 3 is 2.81 bits per heavy atom. The van der Waals surface area contributed by atoms with Gasteiger partial charge in [0.2, 0.25) is 5.91 Å². The highest BCUT2D eigenvalue weighted by atomic mass is 19.1. The van der Waals surface area contributed by atoms with E-state index < -0.39 is 6.17 Å². The maximum Gasteiger partial charge on any atom is 0.339 e. The van der Waals surface area contributed by atoms with E-state index in [-0.39, 0.29) is 19.1 Å². The van der Waals surface area contributed by atoms with Gasteiger partial charge in [0.1, 0.15) is 11.7 Å². The predicted molar refractivity (Wildman–Crippen MR) is 98.8 cm³/mol. The van der Waals surface area contributed by atoms with Crippen molar-refractivity contribution in [2.75, 3.05) is 26.3 Å². The van der Waals surface area contributed by atoms with Gasteiger partial charge in [0, 0.05) is 24.8 Å². The lowest BCUT2D eigenvalue weighted by molar-refractivity contribution is -0.121. The van der Waals surface area contributed by atoms with Crippen molar-refractivity contribution in [3.63, 3.8) is 0 Å². The molecule has 1 aromatic heterocycles. The number of benzene rings is 1. The molecule has 26 heavy (non-hydrogen) atoms. The molecular formula is C19H23FN5O+. The van der Waals surface area contributed by atoms with Crippen molar-refractivity contribution in [3.05, 3.63) is 46.1 Å². The number of alkyl halides is 1. The molecule has 6 nitrogen and oxygen atoms in total.